The number of aliphatic carboxylic acids is 1. The topological polar surface area (TPSA) is 72.8 Å². The number of carboxylic acids is 1. The van der Waals surface area contributed by atoms with Gasteiger partial charge in [0.25, 0.3) is 0 Å². The van der Waals surface area contributed by atoms with Crippen LogP contribution < -0.4 is 0 Å². The number of carbonyl (C=O) groups excluding carboxylic acids is 1. The van der Waals surface area contributed by atoms with Crippen molar-refractivity contribution in [1.82, 2.24) is 0 Å². The molecule has 0 spiro atoms. The Morgan fingerprint density at radius 2 is 1.94 bits per heavy atom. The number of carbonyl (C=O) groups is 2. The van der Waals surface area contributed by atoms with Gasteiger partial charge in [-0.2, -0.15) is 0 Å². The summed E-state index contributed by atoms with van der Waals surface area (Å²) >= 11 is 0. The van der Waals surface area contributed by atoms with Crippen molar-refractivity contribution in [2.45, 2.75) is 19.1 Å². The molecule has 0 aromatic heterocycles. The molecule has 0 amide bonds. The van der Waals surface area contributed by atoms with Gasteiger partial charge in [-0.3, -0.25) is 4.79 Å². The molecule has 0 heterocycles. The van der Waals surface area contributed by atoms with Crippen LogP contribution in [0.3, 0.4) is 0 Å². The van der Waals surface area contributed by atoms with E-state index in [0.717, 1.165) is 5.56 Å². The zero-order valence-electron chi connectivity index (χ0n) is 9.46. The van der Waals surface area contributed by atoms with Crippen molar-refractivity contribution in [2.75, 3.05) is 7.11 Å². The van der Waals surface area contributed by atoms with Crippen LogP contribution in [0.1, 0.15) is 12.0 Å². The molecule has 0 unspecified atom stereocenters. The van der Waals surface area contributed by atoms with E-state index in [1.54, 1.807) is 0 Å². The second-order valence-electron chi connectivity index (χ2n) is 3.42. The van der Waals surface area contributed by atoms with Crippen molar-refractivity contribution in [3.8, 4) is 0 Å². The van der Waals surface area contributed by atoms with Crippen LogP contribution in [0.25, 0.3) is 0 Å². The maximum atomic E-state index is 11.5. The molecule has 0 saturated carbocycles. The molecule has 5 heteroatoms. The average Bonchev–Trinajstić information content (AvgIpc) is 2.34. The number of ether oxygens (including phenoxy) is 2. The van der Waals surface area contributed by atoms with Crippen LogP contribution in [0.5, 0.6) is 0 Å². The minimum atomic E-state index is -1.10. The second-order valence-corrected chi connectivity index (χ2v) is 3.42. The van der Waals surface area contributed by atoms with Crippen molar-refractivity contribution in [2.24, 2.45) is 0 Å². The normalized spacial score (nSPS) is 11.8. The first kappa shape index (κ1) is 13.2. The minimum Gasteiger partial charge on any atom is -0.481 e. The first-order valence-electron chi connectivity index (χ1n) is 5.08. The number of esters is 1. The molecule has 5 nitrogen and oxygen atoms in total. The van der Waals surface area contributed by atoms with Crippen LogP contribution in [0.2, 0.25) is 0 Å². The Kier molecular flexibility index (Phi) is 5.16. The molecular weight excluding hydrogens is 224 g/mol. The van der Waals surface area contributed by atoms with Gasteiger partial charge in [0.05, 0.1) is 6.42 Å². The van der Waals surface area contributed by atoms with E-state index in [0.29, 0.717) is 0 Å². The first-order chi connectivity index (χ1) is 8.13. The lowest BCUT2D eigenvalue weighted by Crippen LogP contribution is -2.28. The summed E-state index contributed by atoms with van der Waals surface area (Å²) in [5.74, 6) is -1.77. The van der Waals surface area contributed by atoms with Gasteiger partial charge in [-0.1, -0.05) is 30.3 Å². The summed E-state index contributed by atoms with van der Waals surface area (Å²) in [5, 5.41) is 8.56. The molecule has 1 aromatic rings. The molecule has 0 aliphatic rings. The van der Waals surface area contributed by atoms with Gasteiger partial charge in [0.15, 0.2) is 6.10 Å². The van der Waals surface area contributed by atoms with Crippen LogP contribution in [0, 0.1) is 0 Å². The van der Waals surface area contributed by atoms with Crippen molar-refractivity contribution >= 4 is 11.9 Å². The lowest BCUT2D eigenvalue weighted by atomic mass is 10.2. The largest absolute Gasteiger partial charge is 0.481 e. The Bertz CT molecular complexity index is 374. The van der Waals surface area contributed by atoms with Gasteiger partial charge in [0, 0.05) is 7.11 Å². The van der Waals surface area contributed by atoms with Crippen LogP contribution in [-0.2, 0) is 25.7 Å². The fraction of sp³-hybridized carbons (Fsp3) is 0.333. The Morgan fingerprint density at radius 3 is 2.47 bits per heavy atom. The lowest BCUT2D eigenvalue weighted by molar-refractivity contribution is -0.161. The van der Waals surface area contributed by atoms with E-state index in [1.165, 1.54) is 7.11 Å². The molecule has 1 atom stereocenters. The fourth-order valence-corrected chi connectivity index (χ4v) is 1.24. The highest BCUT2D eigenvalue weighted by atomic mass is 16.6. The van der Waals surface area contributed by atoms with E-state index in [1.807, 2.05) is 30.3 Å². The second kappa shape index (κ2) is 6.65. The van der Waals surface area contributed by atoms with E-state index in [9.17, 15) is 9.59 Å². The molecule has 0 saturated heterocycles. The van der Waals surface area contributed by atoms with Gasteiger partial charge >= 0.3 is 11.9 Å². The van der Waals surface area contributed by atoms with E-state index >= 15 is 0 Å². The molecule has 0 fully saturated rings. The molecule has 0 radical (unpaired) electrons. The summed E-state index contributed by atoms with van der Waals surface area (Å²) in [4.78, 5) is 21.9. The Balaban J connectivity index is 2.45. The Labute approximate surface area is 99.0 Å². The zero-order valence-corrected chi connectivity index (χ0v) is 9.46. The summed E-state index contributed by atoms with van der Waals surface area (Å²) in [5.41, 5.74) is 0.839. The highest BCUT2D eigenvalue weighted by Gasteiger charge is 2.22. The van der Waals surface area contributed by atoms with Gasteiger partial charge < -0.3 is 14.6 Å². The standard InChI is InChI=1S/C12H14O5/c1-16-10(7-11(13)14)12(15)17-8-9-5-3-2-4-6-9/h2-6,10H,7-8H2,1H3,(H,13,14)/t10-/m1/s1. The lowest BCUT2D eigenvalue weighted by Gasteiger charge is -2.12. The third-order valence-electron chi connectivity index (χ3n) is 2.13. The number of carboxylic acid groups (broad SMARTS) is 1. The molecule has 0 bridgehead atoms. The van der Waals surface area contributed by atoms with E-state index in [4.69, 9.17) is 14.6 Å². The highest BCUT2D eigenvalue weighted by molar-refractivity contribution is 5.81. The Hall–Kier alpha value is -1.88. The fourth-order valence-electron chi connectivity index (χ4n) is 1.24. The van der Waals surface area contributed by atoms with Crippen LogP contribution in [0.15, 0.2) is 30.3 Å². The predicted octanol–water partition coefficient (Wildman–Crippen LogP) is 1.22. The summed E-state index contributed by atoms with van der Waals surface area (Å²) in [6.45, 7) is 0.110. The van der Waals surface area contributed by atoms with Crippen molar-refractivity contribution in [3.05, 3.63) is 35.9 Å². The predicted molar refractivity (Wildman–Crippen MR) is 59.3 cm³/mol. The summed E-state index contributed by atoms with van der Waals surface area (Å²) in [6, 6.07) is 9.13. The SMILES string of the molecule is CO[C@H](CC(=O)O)C(=O)OCc1ccccc1. The molecule has 1 rings (SSSR count). The van der Waals surface area contributed by atoms with Crippen LogP contribution in [0.4, 0.5) is 0 Å². The molecule has 92 valence electrons. The van der Waals surface area contributed by atoms with Gasteiger partial charge in [-0.15, -0.1) is 0 Å². The third-order valence-corrected chi connectivity index (χ3v) is 2.13. The van der Waals surface area contributed by atoms with Crippen molar-refractivity contribution in [1.29, 1.82) is 0 Å². The van der Waals surface area contributed by atoms with Gasteiger partial charge in [-0.05, 0) is 5.56 Å². The molecular formula is C12H14O5. The van der Waals surface area contributed by atoms with E-state index in [-0.39, 0.29) is 6.61 Å². The maximum absolute atomic E-state index is 11.5. The first-order valence-corrected chi connectivity index (χ1v) is 5.08. The molecule has 17 heavy (non-hydrogen) atoms. The molecule has 0 aliphatic carbocycles. The number of benzene rings is 1. The monoisotopic (exact) mass is 238 g/mol. The summed E-state index contributed by atoms with van der Waals surface area (Å²) in [6.07, 6.45) is -1.46. The van der Waals surface area contributed by atoms with E-state index < -0.39 is 24.5 Å². The van der Waals surface area contributed by atoms with E-state index in [2.05, 4.69) is 0 Å². The van der Waals surface area contributed by atoms with Gasteiger partial charge in [-0.25, -0.2) is 4.79 Å². The summed E-state index contributed by atoms with van der Waals surface area (Å²) < 4.78 is 9.71. The molecule has 0 aliphatic heterocycles. The van der Waals surface area contributed by atoms with Crippen molar-refractivity contribution in [3.63, 3.8) is 0 Å². The Morgan fingerprint density at radius 1 is 1.29 bits per heavy atom. The third kappa shape index (κ3) is 4.65. The maximum Gasteiger partial charge on any atom is 0.336 e. The van der Waals surface area contributed by atoms with Gasteiger partial charge in [0.2, 0.25) is 0 Å². The van der Waals surface area contributed by atoms with Crippen molar-refractivity contribution < 1.29 is 24.2 Å². The summed E-state index contributed by atoms with van der Waals surface area (Å²) in [7, 11) is 1.28. The van der Waals surface area contributed by atoms with Crippen LogP contribution in [-0.4, -0.2) is 30.3 Å². The van der Waals surface area contributed by atoms with Gasteiger partial charge in [0.1, 0.15) is 6.61 Å². The molecule has 1 aromatic carbocycles. The highest BCUT2D eigenvalue weighted by Crippen LogP contribution is 2.05. The average molecular weight is 238 g/mol. The number of hydrogen-bond acceptors (Lipinski definition) is 4. The van der Waals surface area contributed by atoms with Crippen LogP contribution >= 0.6 is 0 Å². The number of rotatable bonds is 6. The minimum absolute atomic E-state index is 0.110. The number of hydrogen-bond donors (Lipinski definition) is 1. The zero-order chi connectivity index (χ0) is 12.7. The molecule has 1 N–H and O–H groups in total. The smallest absolute Gasteiger partial charge is 0.336 e. The number of methoxy groups -OCH3 is 1. The quantitative estimate of drug-likeness (QED) is 0.754.